The van der Waals surface area contributed by atoms with Crippen molar-refractivity contribution >= 4 is 11.9 Å². The molecule has 0 atom stereocenters. The Morgan fingerprint density at radius 1 is 1.43 bits per heavy atom. The molecule has 0 bridgehead atoms. The van der Waals surface area contributed by atoms with Crippen LogP contribution in [-0.2, 0) is 0 Å². The molecule has 1 aromatic rings. The largest absolute Gasteiger partial charge is 0.475 e. The number of carbonyl (C=O) groups is 2. The lowest BCUT2D eigenvalue weighted by Gasteiger charge is -1.98. The number of carboxylic acids is 1. The first-order valence-corrected chi connectivity index (χ1v) is 3.96. The summed E-state index contributed by atoms with van der Waals surface area (Å²) in [6.07, 6.45) is 0. The van der Waals surface area contributed by atoms with Crippen LogP contribution in [0.2, 0.25) is 0 Å². The van der Waals surface area contributed by atoms with Gasteiger partial charge in [-0.3, -0.25) is 4.79 Å². The molecule has 6 heteroatoms. The summed E-state index contributed by atoms with van der Waals surface area (Å²) >= 11 is 0. The Kier molecular flexibility index (Phi) is 3.24. The second kappa shape index (κ2) is 4.43. The summed E-state index contributed by atoms with van der Waals surface area (Å²) in [5, 5.41) is 11.0. The number of amides is 1. The van der Waals surface area contributed by atoms with Crippen LogP contribution in [0.5, 0.6) is 0 Å². The first-order valence-electron chi connectivity index (χ1n) is 3.96. The zero-order valence-corrected chi connectivity index (χ0v) is 7.32. The third-order valence-corrected chi connectivity index (χ3v) is 1.47. The topological polar surface area (TPSA) is 106 Å². The zero-order chi connectivity index (χ0) is 10.6. The predicted molar refractivity (Wildman–Crippen MR) is 47.1 cm³/mol. The molecule has 0 saturated heterocycles. The SMILES string of the molecule is NCCNC(=O)c1ccc(C(=O)O)o1. The van der Waals surface area contributed by atoms with Crippen LogP contribution in [0.15, 0.2) is 16.5 Å². The van der Waals surface area contributed by atoms with Crippen LogP contribution in [0.4, 0.5) is 0 Å². The van der Waals surface area contributed by atoms with E-state index in [2.05, 4.69) is 5.32 Å². The molecule has 1 rings (SSSR count). The predicted octanol–water partition coefficient (Wildman–Crippen LogP) is -0.334. The van der Waals surface area contributed by atoms with E-state index in [1.54, 1.807) is 0 Å². The molecule has 0 saturated carbocycles. The Labute approximate surface area is 79.7 Å². The second-order valence-corrected chi connectivity index (χ2v) is 2.51. The summed E-state index contributed by atoms with van der Waals surface area (Å²) in [4.78, 5) is 21.6. The standard InChI is InChI=1S/C8H10N2O4/c9-3-4-10-7(11)5-1-2-6(14-5)8(12)13/h1-2H,3-4,9H2,(H,10,11)(H,12,13). The molecular weight excluding hydrogens is 188 g/mol. The highest BCUT2D eigenvalue weighted by molar-refractivity contribution is 5.93. The zero-order valence-electron chi connectivity index (χ0n) is 7.32. The van der Waals surface area contributed by atoms with Crippen molar-refractivity contribution in [3.63, 3.8) is 0 Å². The molecule has 0 aliphatic carbocycles. The van der Waals surface area contributed by atoms with Gasteiger partial charge < -0.3 is 20.6 Å². The maximum atomic E-state index is 11.2. The van der Waals surface area contributed by atoms with Crippen molar-refractivity contribution in [3.8, 4) is 0 Å². The third kappa shape index (κ3) is 2.33. The Morgan fingerprint density at radius 3 is 2.57 bits per heavy atom. The number of nitrogens with two attached hydrogens (primary N) is 1. The summed E-state index contributed by atoms with van der Waals surface area (Å²) in [5.41, 5.74) is 5.17. The quantitative estimate of drug-likeness (QED) is 0.614. The Hall–Kier alpha value is -1.82. The van der Waals surface area contributed by atoms with E-state index in [0.29, 0.717) is 13.1 Å². The van der Waals surface area contributed by atoms with E-state index in [1.807, 2.05) is 0 Å². The normalized spacial score (nSPS) is 9.79. The fourth-order valence-electron chi connectivity index (χ4n) is 0.848. The second-order valence-electron chi connectivity index (χ2n) is 2.51. The molecule has 0 aliphatic rings. The highest BCUT2D eigenvalue weighted by atomic mass is 16.4. The van der Waals surface area contributed by atoms with Gasteiger partial charge in [-0.25, -0.2) is 4.79 Å². The minimum Gasteiger partial charge on any atom is -0.475 e. The van der Waals surface area contributed by atoms with Crippen molar-refractivity contribution in [1.82, 2.24) is 5.32 Å². The van der Waals surface area contributed by atoms with Gasteiger partial charge in [-0.05, 0) is 12.1 Å². The van der Waals surface area contributed by atoms with Gasteiger partial charge in [0.25, 0.3) is 5.91 Å². The van der Waals surface area contributed by atoms with Crippen molar-refractivity contribution in [2.75, 3.05) is 13.1 Å². The van der Waals surface area contributed by atoms with Gasteiger partial charge in [-0.2, -0.15) is 0 Å². The van der Waals surface area contributed by atoms with Gasteiger partial charge in [0, 0.05) is 13.1 Å². The van der Waals surface area contributed by atoms with E-state index in [1.165, 1.54) is 12.1 Å². The molecule has 0 aliphatic heterocycles. The average Bonchev–Trinajstić information content (AvgIpc) is 2.62. The number of nitrogens with one attached hydrogen (secondary N) is 1. The van der Waals surface area contributed by atoms with Gasteiger partial charge in [0.2, 0.25) is 5.76 Å². The van der Waals surface area contributed by atoms with E-state index in [-0.39, 0.29) is 11.5 Å². The minimum atomic E-state index is -1.21. The Balaban J connectivity index is 2.66. The molecule has 4 N–H and O–H groups in total. The summed E-state index contributed by atoms with van der Waals surface area (Å²) in [6.45, 7) is 0.639. The van der Waals surface area contributed by atoms with Gasteiger partial charge in [0.1, 0.15) is 0 Å². The smallest absolute Gasteiger partial charge is 0.371 e. The molecule has 1 heterocycles. The first-order chi connectivity index (χ1) is 6.65. The van der Waals surface area contributed by atoms with Crippen molar-refractivity contribution in [2.24, 2.45) is 5.73 Å². The number of rotatable bonds is 4. The molecule has 6 nitrogen and oxygen atoms in total. The number of hydrogen-bond donors (Lipinski definition) is 3. The fourth-order valence-corrected chi connectivity index (χ4v) is 0.848. The number of carboxylic acid groups (broad SMARTS) is 1. The van der Waals surface area contributed by atoms with Crippen LogP contribution in [-0.4, -0.2) is 30.1 Å². The Morgan fingerprint density at radius 2 is 2.07 bits per heavy atom. The highest BCUT2D eigenvalue weighted by Crippen LogP contribution is 2.07. The van der Waals surface area contributed by atoms with Crippen molar-refractivity contribution in [1.29, 1.82) is 0 Å². The van der Waals surface area contributed by atoms with E-state index in [9.17, 15) is 9.59 Å². The van der Waals surface area contributed by atoms with E-state index in [4.69, 9.17) is 15.3 Å². The van der Waals surface area contributed by atoms with E-state index in [0.717, 1.165) is 0 Å². The van der Waals surface area contributed by atoms with Crippen molar-refractivity contribution in [3.05, 3.63) is 23.7 Å². The molecule has 14 heavy (non-hydrogen) atoms. The molecule has 1 aromatic heterocycles. The Bertz CT molecular complexity index is 345. The first kappa shape index (κ1) is 10.3. The minimum absolute atomic E-state index is 0.0316. The van der Waals surface area contributed by atoms with E-state index >= 15 is 0 Å². The fraction of sp³-hybridized carbons (Fsp3) is 0.250. The molecule has 0 radical (unpaired) electrons. The van der Waals surface area contributed by atoms with Crippen LogP contribution >= 0.6 is 0 Å². The maximum absolute atomic E-state index is 11.2. The van der Waals surface area contributed by atoms with Gasteiger partial charge in [-0.15, -0.1) is 0 Å². The summed E-state index contributed by atoms with van der Waals surface area (Å²) < 4.78 is 4.75. The van der Waals surface area contributed by atoms with Crippen molar-refractivity contribution in [2.45, 2.75) is 0 Å². The lowest BCUT2D eigenvalue weighted by molar-refractivity contribution is 0.0659. The van der Waals surface area contributed by atoms with Crippen LogP contribution in [0.25, 0.3) is 0 Å². The molecule has 0 spiro atoms. The molecule has 1 amide bonds. The van der Waals surface area contributed by atoms with Crippen LogP contribution in [0, 0.1) is 0 Å². The summed E-state index contributed by atoms with van der Waals surface area (Å²) in [5.74, 6) is -1.97. The highest BCUT2D eigenvalue weighted by Gasteiger charge is 2.13. The van der Waals surface area contributed by atoms with E-state index < -0.39 is 11.9 Å². The van der Waals surface area contributed by atoms with Crippen molar-refractivity contribution < 1.29 is 19.1 Å². The number of aromatic carboxylic acids is 1. The van der Waals surface area contributed by atoms with Gasteiger partial charge in [0.05, 0.1) is 0 Å². The van der Waals surface area contributed by atoms with Gasteiger partial charge in [0.15, 0.2) is 5.76 Å². The van der Waals surface area contributed by atoms with Crippen LogP contribution in [0.1, 0.15) is 21.1 Å². The van der Waals surface area contributed by atoms with Crippen LogP contribution < -0.4 is 11.1 Å². The number of furan rings is 1. The average molecular weight is 198 g/mol. The molecule has 76 valence electrons. The lowest BCUT2D eigenvalue weighted by atomic mass is 10.4. The molecular formula is C8H10N2O4. The monoisotopic (exact) mass is 198 g/mol. The molecule has 0 aromatic carbocycles. The molecule has 0 fully saturated rings. The number of hydrogen-bond acceptors (Lipinski definition) is 4. The number of carbonyl (C=O) groups excluding carboxylic acids is 1. The summed E-state index contributed by atoms with van der Waals surface area (Å²) in [7, 11) is 0. The maximum Gasteiger partial charge on any atom is 0.371 e. The van der Waals surface area contributed by atoms with Gasteiger partial charge >= 0.3 is 5.97 Å². The summed E-state index contributed by atoms with van der Waals surface area (Å²) in [6, 6.07) is 2.52. The third-order valence-electron chi connectivity index (χ3n) is 1.47. The van der Waals surface area contributed by atoms with Gasteiger partial charge in [-0.1, -0.05) is 0 Å². The van der Waals surface area contributed by atoms with Crippen LogP contribution in [0.3, 0.4) is 0 Å². The molecule has 0 unspecified atom stereocenters. The lowest BCUT2D eigenvalue weighted by Crippen LogP contribution is -2.28.